The summed E-state index contributed by atoms with van der Waals surface area (Å²) in [5.74, 6) is 2.18. The number of hydrogen-bond acceptors (Lipinski definition) is 14. The minimum Gasteiger partial charge on any atom is -0.477 e. The molecule has 2 saturated heterocycles. The maximum Gasteiger partial charge on any atom is 0.258 e. The van der Waals surface area contributed by atoms with Gasteiger partial charge >= 0.3 is 0 Å². The molecule has 6 aromatic heterocycles. The minimum atomic E-state index is -0.296. The molecule has 12 rings (SSSR count). The Morgan fingerprint density at radius 3 is 2.01 bits per heavy atom. The van der Waals surface area contributed by atoms with Gasteiger partial charge in [-0.05, 0) is 119 Å². The van der Waals surface area contributed by atoms with Gasteiger partial charge in [0.05, 0.1) is 76.7 Å². The van der Waals surface area contributed by atoms with Crippen molar-refractivity contribution in [2.75, 3.05) is 95.2 Å². The zero-order valence-electron chi connectivity index (χ0n) is 47.1. The average Bonchev–Trinajstić information content (AvgIpc) is 4.35. The molecule has 4 aliphatic rings. The molecule has 0 radical (unpaired) electrons. The molecular weight excluding hydrogens is 1010 g/mol. The van der Waals surface area contributed by atoms with Gasteiger partial charge in [-0.25, -0.2) is 19.3 Å². The van der Waals surface area contributed by atoms with Crippen LogP contribution >= 0.6 is 0 Å². The van der Waals surface area contributed by atoms with Gasteiger partial charge < -0.3 is 33.3 Å². The summed E-state index contributed by atoms with van der Waals surface area (Å²) < 4.78 is 21.2. The topological polar surface area (TPSA) is 187 Å². The summed E-state index contributed by atoms with van der Waals surface area (Å²) in [6.07, 6.45) is 8.28. The Kier molecular flexibility index (Phi) is 15.1. The second kappa shape index (κ2) is 22.8. The van der Waals surface area contributed by atoms with Crippen LogP contribution < -0.4 is 25.0 Å². The molecule has 0 spiro atoms. The SMILES string of the molecule is CC[C@@H]1CCCOc2c(cnn2CCc2cc3cc(n2)-c2cnn(C)c2OCCC[C@@H](C)Cn2c(nc4ccc(CN5CCN(C)CC5)cc42)NC3=O)-c2cc(cc(C)n2)C(=O)Nc2nc3ccc(N4CCN(C)CC4)cc3n2C1. The van der Waals surface area contributed by atoms with Gasteiger partial charge in [-0.15, -0.1) is 0 Å². The first-order chi connectivity index (χ1) is 38.9. The fraction of sp³-hybridized carbons (Fsp3) is 0.467. The lowest BCUT2D eigenvalue weighted by atomic mass is 10.0. The summed E-state index contributed by atoms with van der Waals surface area (Å²) in [5.41, 5.74) is 10.8. The van der Waals surface area contributed by atoms with Crippen molar-refractivity contribution in [2.45, 2.75) is 85.5 Å². The lowest BCUT2D eigenvalue weighted by Crippen LogP contribution is -2.44. The van der Waals surface area contributed by atoms with Crippen LogP contribution in [0.5, 0.6) is 11.8 Å². The smallest absolute Gasteiger partial charge is 0.258 e. The summed E-state index contributed by atoms with van der Waals surface area (Å²) in [6, 6.07) is 20.2. The molecule has 8 aromatic rings. The number of piperazine rings is 2. The van der Waals surface area contributed by atoms with Crippen LogP contribution in [0.2, 0.25) is 0 Å². The second-order valence-corrected chi connectivity index (χ2v) is 22.7. The van der Waals surface area contributed by atoms with E-state index in [9.17, 15) is 9.59 Å². The van der Waals surface area contributed by atoms with Crippen LogP contribution in [0.15, 0.2) is 73.1 Å². The van der Waals surface area contributed by atoms with Gasteiger partial charge in [0.1, 0.15) is 0 Å². The molecule has 418 valence electrons. The molecule has 2 aromatic carbocycles. The normalized spacial score (nSPS) is 19.3. The van der Waals surface area contributed by atoms with Crippen molar-refractivity contribution in [3.63, 3.8) is 0 Å². The van der Waals surface area contributed by atoms with Gasteiger partial charge in [0.25, 0.3) is 11.8 Å². The van der Waals surface area contributed by atoms with Crippen LogP contribution in [0.4, 0.5) is 17.6 Å². The molecule has 2 amide bonds. The highest BCUT2D eigenvalue weighted by Crippen LogP contribution is 2.35. The highest BCUT2D eigenvalue weighted by atomic mass is 16.5. The number of carbonyl (C=O) groups is 2. The number of hydrogen-bond donors (Lipinski definition) is 2. The molecular formula is C60H74N16O4. The van der Waals surface area contributed by atoms with Crippen molar-refractivity contribution in [1.29, 1.82) is 0 Å². The molecule has 2 atom stereocenters. The molecule has 2 N–H and O–H groups in total. The average molecular weight is 1080 g/mol. The maximum atomic E-state index is 14.8. The van der Waals surface area contributed by atoms with E-state index in [-0.39, 0.29) is 23.7 Å². The lowest BCUT2D eigenvalue weighted by molar-refractivity contribution is 0.101. The van der Waals surface area contributed by atoms with Crippen LogP contribution in [0.1, 0.15) is 83.6 Å². The molecule has 0 aliphatic carbocycles. The molecule has 2 fully saturated rings. The van der Waals surface area contributed by atoms with Gasteiger partial charge in [-0.1, -0.05) is 26.3 Å². The van der Waals surface area contributed by atoms with Crippen molar-refractivity contribution >= 4 is 51.5 Å². The van der Waals surface area contributed by atoms with Gasteiger partial charge in [-0.2, -0.15) is 10.2 Å². The zero-order valence-corrected chi connectivity index (χ0v) is 47.1. The van der Waals surface area contributed by atoms with Crippen molar-refractivity contribution in [2.24, 2.45) is 18.9 Å². The van der Waals surface area contributed by atoms with E-state index < -0.39 is 0 Å². The summed E-state index contributed by atoms with van der Waals surface area (Å²) in [5, 5.41) is 16.0. The third-order valence-electron chi connectivity index (χ3n) is 16.6. The fourth-order valence-electron chi connectivity index (χ4n) is 11.8. The number of fused-ring (bicyclic) bond motifs is 14. The quantitative estimate of drug-likeness (QED) is 0.156. The third-order valence-corrected chi connectivity index (χ3v) is 16.6. The standard InChI is InChI=1S/C60H74N16O4/c1-7-41-11-9-27-80-58-48(51-31-43(28-40(3)63-51)55(77)67-60-66-50-15-13-46(33-54(50)75(60)38-41)73-24-20-70(5)21-25-73)35-62-76(58)17-16-45-30-44-32-52(64-45)47-34-61-71(6)57(47)79-26-8-10-39(2)36-74-53-29-42(37-72-22-18-69(4)19-23-72)12-14-49(53)65-59(74)68-56(44)78/h12-15,28-35,39,41H,7-11,16-27,36-38H2,1-6H3,(H,65,68,78)(H,66,67,77)/t39-,41-/m1/s1. The summed E-state index contributed by atoms with van der Waals surface area (Å²) in [7, 11) is 6.21. The highest BCUT2D eigenvalue weighted by molar-refractivity contribution is 6.06. The maximum absolute atomic E-state index is 14.8. The first-order valence-electron chi connectivity index (χ1n) is 28.7. The van der Waals surface area contributed by atoms with E-state index in [1.807, 2.05) is 30.8 Å². The first kappa shape index (κ1) is 53.0. The van der Waals surface area contributed by atoms with E-state index in [2.05, 4.69) is 109 Å². The Balaban J connectivity index is 0.845. The van der Waals surface area contributed by atoms with Crippen molar-refractivity contribution in [3.05, 3.63) is 101 Å². The number of imidazole rings is 2. The number of aryl methyl sites for hydroxylation is 4. The van der Waals surface area contributed by atoms with Gasteiger partial charge in [0.15, 0.2) is 0 Å². The molecule has 10 heterocycles. The number of pyridine rings is 2. The van der Waals surface area contributed by atoms with Crippen LogP contribution in [0, 0.1) is 18.8 Å². The van der Waals surface area contributed by atoms with E-state index >= 15 is 0 Å². The number of rotatable bonds is 7. The molecule has 0 saturated carbocycles. The monoisotopic (exact) mass is 1080 g/mol. The van der Waals surface area contributed by atoms with Crippen LogP contribution in [0.25, 0.3) is 44.6 Å². The number of amides is 2. The van der Waals surface area contributed by atoms with Crippen molar-refractivity contribution in [3.8, 4) is 34.3 Å². The summed E-state index contributed by atoms with van der Waals surface area (Å²) in [4.78, 5) is 59.1. The third kappa shape index (κ3) is 11.2. The molecule has 80 heavy (non-hydrogen) atoms. The Bertz CT molecular complexity index is 3560. The Labute approximate surface area is 467 Å². The van der Waals surface area contributed by atoms with Gasteiger partial charge in [0.2, 0.25) is 23.7 Å². The number of carbonyl (C=O) groups excluding carboxylic acids is 2. The molecule has 4 bridgehead atoms. The molecule has 4 aliphatic heterocycles. The molecule has 0 unspecified atom stereocenters. The predicted molar refractivity (Wildman–Crippen MR) is 311 cm³/mol. The zero-order chi connectivity index (χ0) is 55.0. The number of likely N-dealkylation sites (N-methyl/N-ethyl adjacent to an activating group) is 2. The van der Waals surface area contributed by atoms with E-state index in [4.69, 9.17) is 34.5 Å². The van der Waals surface area contributed by atoms with Gasteiger partial charge in [0, 0.05) is 114 Å². The highest BCUT2D eigenvalue weighted by Gasteiger charge is 2.26. The summed E-state index contributed by atoms with van der Waals surface area (Å²) >= 11 is 0. The predicted octanol–water partition coefficient (Wildman–Crippen LogP) is 8.00. The Morgan fingerprint density at radius 1 is 0.650 bits per heavy atom. The number of nitrogens with one attached hydrogen (secondary N) is 2. The minimum absolute atomic E-state index is 0.274. The van der Waals surface area contributed by atoms with E-state index in [0.29, 0.717) is 108 Å². The number of nitrogens with zero attached hydrogens (tertiary/aromatic N) is 14. The number of aromatic nitrogens is 10. The van der Waals surface area contributed by atoms with Gasteiger partial charge in [-0.3, -0.25) is 35.1 Å². The molecule has 20 heteroatoms. The molecule has 20 nitrogen and oxygen atoms in total. The Hall–Kier alpha value is -7.68. The Morgan fingerprint density at radius 2 is 1.27 bits per heavy atom. The second-order valence-electron chi connectivity index (χ2n) is 22.7. The van der Waals surface area contributed by atoms with Crippen LogP contribution in [0.3, 0.4) is 0 Å². The van der Waals surface area contributed by atoms with Crippen LogP contribution in [-0.4, -0.2) is 155 Å². The lowest BCUT2D eigenvalue weighted by Gasteiger charge is -2.34. The number of ether oxygens (including phenoxy) is 2. The first-order valence-corrected chi connectivity index (χ1v) is 28.7. The van der Waals surface area contributed by atoms with E-state index in [1.165, 1.54) is 11.3 Å². The van der Waals surface area contributed by atoms with E-state index in [1.54, 1.807) is 29.2 Å². The fourth-order valence-corrected chi connectivity index (χ4v) is 11.8. The summed E-state index contributed by atoms with van der Waals surface area (Å²) in [6.45, 7) is 18.0. The van der Waals surface area contributed by atoms with Crippen LogP contribution in [-0.2, 0) is 39.6 Å². The van der Waals surface area contributed by atoms with E-state index in [0.717, 1.165) is 113 Å². The van der Waals surface area contributed by atoms with Crippen molar-refractivity contribution < 1.29 is 19.1 Å². The number of anilines is 3. The number of benzene rings is 2. The largest absolute Gasteiger partial charge is 0.477 e. The van der Waals surface area contributed by atoms with Crippen molar-refractivity contribution in [1.82, 2.24) is 63.3 Å².